The van der Waals surface area contributed by atoms with E-state index in [1.165, 1.54) is 40.9 Å². The summed E-state index contributed by atoms with van der Waals surface area (Å²) in [7, 11) is 1.46. The Hall–Kier alpha value is -5.39. The largest absolute Gasteiger partial charge is 0.497 e. The van der Waals surface area contributed by atoms with Gasteiger partial charge in [-0.05, 0) is 150 Å². The van der Waals surface area contributed by atoms with Gasteiger partial charge in [-0.3, -0.25) is 19.2 Å². The smallest absolute Gasteiger partial charge is 0.331 e. The first-order chi connectivity index (χ1) is 59.6. The molecule has 42 heteroatoms. The highest BCUT2D eigenvalue weighted by Gasteiger charge is 2.75. The molecule has 12 aliphatic rings. The van der Waals surface area contributed by atoms with E-state index in [1.807, 2.05) is 33.8 Å². The van der Waals surface area contributed by atoms with Crippen molar-refractivity contribution in [2.24, 2.45) is 50.2 Å². The van der Waals surface area contributed by atoms with Crippen LogP contribution >= 0.6 is 0 Å². The Morgan fingerprint density at radius 2 is 1.13 bits per heavy atom. The van der Waals surface area contributed by atoms with E-state index in [4.69, 9.17) is 80.5 Å². The van der Waals surface area contributed by atoms with Crippen LogP contribution in [0, 0.1) is 50.2 Å². The predicted octanol–water partition coefficient (Wildman–Crippen LogP) is -4.11. The molecule has 0 spiro atoms. The zero-order valence-corrected chi connectivity index (χ0v) is 72.2. The summed E-state index contributed by atoms with van der Waals surface area (Å²) in [6.07, 6.45) is -55.9. The van der Waals surface area contributed by atoms with Crippen molar-refractivity contribution in [3.05, 3.63) is 47.6 Å². The first-order valence-corrected chi connectivity index (χ1v) is 43.2. The van der Waals surface area contributed by atoms with Crippen LogP contribution in [0.25, 0.3) is 6.08 Å². The highest BCUT2D eigenvalue weighted by atomic mass is 16.8. The highest BCUT2D eigenvalue weighted by molar-refractivity contribution is 5.87. The van der Waals surface area contributed by atoms with E-state index in [1.54, 1.807) is 24.3 Å². The Balaban J connectivity index is 0.864. The summed E-state index contributed by atoms with van der Waals surface area (Å²) in [5, 5.41) is 226. The lowest BCUT2D eigenvalue weighted by Crippen LogP contribution is -2.71. The molecule has 13 rings (SSSR count). The summed E-state index contributed by atoms with van der Waals surface area (Å²) < 4.78 is 104. The molecule has 1 aromatic rings. The SMILES string of the molecule is COc1ccc(/C=C/C(=O)O[C@@H]2[C@H](O[C@@H]3O[C@@H](C)[C@H](O)[C@@H](O)[C@H]3O)[C@@H](O[C@@H]3O[C@@H](C)[C@H](O[C@@H]4OC[C@@H](O)[C@H](O[C@@H]5OC[C@H](O)[C@H](O)[C@H]5O)[C@H]4O)[C@@H](O[C@@H]4OC[C@](O)(COC(=O)CC(C)(O)CC(=O)O)[C@H]4O)[C@H]3O)[C@H](OC(=O)[C@]34CCC(C)(C)C[C@H]3C3=CC[C@@H]5[C@@]6(C)C[C@H](O)[C@H](O[C@@H]7O[C@H](CO)[C@@H](O)[C@H](O)[C@H]7O)[C@@](C)(C(=O)O)[C@@H]6CC[C@@]5(C)[C@]3(CO)CC4)O[C@@H]2C)cc1. The molecule has 0 aromatic heterocycles. The van der Waals surface area contributed by atoms with Gasteiger partial charge in [-0.2, -0.15) is 0 Å². The van der Waals surface area contributed by atoms with Gasteiger partial charge in [0, 0.05) is 11.5 Å². The lowest BCUT2D eigenvalue weighted by atomic mass is 9.33. The van der Waals surface area contributed by atoms with E-state index >= 15 is 4.79 Å². The Bertz CT molecular complexity index is 4060. The molecular weight excluding hydrogens is 1690 g/mol. The Morgan fingerprint density at radius 1 is 0.551 bits per heavy atom. The third-order valence-corrected chi connectivity index (χ3v) is 29.6. The number of carboxylic acid groups (broad SMARTS) is 2. The fourth-order valence-corrected chi connectivity index (χ4v) is 22.3. The quantitative estimate of drug-likeness (QED) is 0.0131. The van der Waals surface area contributed by atoms with Crippen molar-refractivity contribution in [3.8, 4) is 5.75 Å². The lowest BCUT2D eigenvalue weighted by molar-refractivity contribution is -0.398. The minimum absolute atomic E-state index is 0.00480. The molecule has 4 saturated carbocycles. The number of aliphatic hydroxyl groups is 18. The molecule has 718 valence electrons. The average Bonchev–Trinajstić information content (AvgIpc) is 0.771. The Labute approximate surface area is 730 Å². The molecule has 1 aromatic carbocycles. The standard InChI is InChI=1S/C85H126O42/c1-35-51(95)54(98)57(101)71(116-35)124-65-62(120-49(93)18-13-38-11-14-39(111-10)15-12-38)37(3)118-74(66(65)125-73-60(104)64(123-75-67(105)85(110,34-115-75)33-114-50(94)28-79(6,109)27-48(91)92)61(36(2)117-73)121-70-59(103)63(44(90)31-113-70)122-69-56(100)52(96)43(89)30-112-69)127-77(108)83-22-21-78(4,5)25-41(83)40-16-17-46-80(7)26-42(88)68(126-72-58(102)55(99)53(97)45(29-86)119-72)82(9,76(106)107)47(80)19-20-81(46,8)84(40,32-87)24-23-83/h11-16,18,35-37,41-47,51-75,86-90,95-105,109-110H,17,19-34H2,1-10H3,(H,91,92)(H,106,107)/b18-13+/t35-,36-,37+,41-,42-,43-,44+,45+,46+,47+,51-,52-,53+,54+,55-,56+,57+,58+,59+,60+,61-,62-,63-,64-,65-,66+,67-,68-,69-,70-,71-,72-,73-,74-,75-,79?,80+,81+,82-,83-,84-,85+/m0/s1. The van der Waals surface area contributed by atoms with Gasteiger partial charge < -0.3 is 183 Å². The summed E-state index contributed by atoms with van der Waals surface area (Å²) in [6, 6.07) is 6.50. The van der Waals surface area contributed by atoms with Gasteiger partial charge in [-0.25, -0.2) is 4.79 Å². The molecule has 7 saturated heterocycles. The van der Waals surface area contributed by atoms with E-state index in [0.29, 0.717) is 29.7 Å². The van der Waals surface area contributed by atoms with Crippen LogP contribution in [-0.2, 0) is 99.8 Å². The van der Waals surface area contributed by atoms with Crippen molar-refractivity contribution in [3.63, 3.8) is 0 Å². The zero-order chi connectivity index (χ0) is 92.8. The number of carboxylic acids is 2. The fourth-order valence-electron chi connectivity index (χ4n) is 22.3. The maximum Gasteiger partial charge on any atom is 0.331 e. The third kappa shape index (κ3) is 18.8. The number of hydrogen-bond acceptors (Lipinski definition) is 40. The molecule has 0 radical (unpaired) electrons. The fraction of sp³-hybridized carbons (Fsp3) is 0.824. The van der Waals surface area contributed by atoms with Gasteiger partial charge in [0.25, 0.3) is 0 Å². The summed E-state index contributed by atoms with van der Waals surface area (Å²) in [6.45, 7) is 10.00. The van der Waals surface area contributed by atoms with E-state index in [2.05, 4.69) is 0 Å². The van der Waals surface area contributed by atoms with Crippen molar-refractivity contribution in [2.45, 2.75) is 341 Å². The zero-order valence-electron chi connectivity index (χ0n) is 72.2. The van der Waals surface area contributed by atoms with Crippen LogP contribution in [0.5, 0.6) is 5.75 Å². The minimum Gasteiger partial charge on any atom is -0.497 e. The van der Waals surface area contributed by atoms with Crippen LogP contribution in [0.1, 0.15) is 139 Å². The summed E-state index contributed by atoms with van der Waals surface area (Å²) in [4.78, 5) is 70.1. The third-order valence-electron chi connectivity index (χ3n) is 29.6. The van der Waals surface area contributed by atoms with Crippen LogP contribution in [0.4, 0.5) is 0 Å². The molecule has 11 fully saturated rings. The monoisotopic (exact) mass is 1820 g/mol. The number of aliphatic hydroxyl groups excluding tert-OH is 16. The normalized spacial score (nSPS) is 47.9. The Kier molecular flexibility index (Phi) is 29.8. The molecule has 1 unspecified atom stereocenters. The number of benzene rings is 1. The number of carbonyl (C=O) groups excluding carboxylic acids is 3. The highest BCUT2D eigenvalue weighted by Crippen LogP contribution is 2.76. The van der Waals surface area contributed by atoms with E-state index < -0.39 is 340 Å². The van der Waals surface area contributed by atoms with Crippen molar-refractivity contribution in [1.82, 2.24) is 0 Å². The van der Waals surface area contributed by atoms with E-state index in [0.717, 1.165) is 13.0 Å². The molecule has 0 bridgehead atoms. The second kappa shape index (κ2) is 38.2. The summed E-state index contributed by atoms with van der Waals surface area (Å²) in [5.74, 6) is -7.61. The van der Waals surface area contributed by atoms with Crippen LogP contribution in [0.2, 0.25) is 0 Å². The van der Waals surface area contributed by atoms with Crippen molar-refractivity contribution < 1.29 is 207 Å². The molecule has 7 aliphatic heterocycles. The summed E-state index contributed by atoms with van der Waals surface area (Å²) >= 11 is 0. The molecule has 20 N–H and O–H groups in total. The van der Waals surface area contributed by atoms with Gasteiger partial charge in [0.05, 0.1) is 93.8 Å². The van der Waals surface area contributed by atoms with Crippen molar-refractivity contribution in [1.29, 1.82) is 0 Å². The van der Waals surface area contributed by atoms with Gasteiger partial charge in [-0.1, -0.05) is 51.5 Å². The second-order valence-electron chi connectivity index (χ2n) is 38.5. The topological polar surface area (TPSA) is 647 Å². The minimum atomic E-state index is -2.60. The summed E-state index contributed by atoms with van der Waals surface area (Å²) in [5.41, 5.74) is -10.7. The maximum absolute atomic E-state index is 16.7. The van der Waals surface area contributed by atoms with Gasteiger partial charge >= 0.3 is 29.8 Å². The molecule has 42 atom stereocenters. The number of ether oxygens (including phenoxy) is 17. The molecule has 42 nitrogen and oxygen atoms in total. The number of aliphatic carboxylic acids is 2. The van der Waals surface area contributed by atoms with Crippen molar-refractivity contribution in [2.75, 3.05) is 46.8 Å². The van der Waals surface area contributed by atoms with Crippen LogP contribution in [-0.4, -0.2) is 387 Å². The molecular formula is C85H126O42. The van der Waals surface area contributed by atoms with Crippen molar-refractivity contribution >= 4 is 35.9 Å². The van der Waals surface area contributed by atoms with Gasteiger partial charge in [0.2, 0.25) is 6.29 Å². The van der Waals surface area contributed by atoms with Crippen LogP contribution in [0.15, 0.2) is 42.0 Å². The number of methoxy groups -OCH3 is 1. The maximum atomic E-state index is 16.7. The molecule has 127 heavy (non-hydrogen) atoms. The van der Waals surface area contributed by atoms with Crippen LogP contribution < -0.4 is 4.74 Å². The van der Waals surface area contributed by atoms with E-state index in [-0.39, 0.29) is 44.9 Å². The Morgan fingerprint density at radius 3 is 1.78 bits per heavy atom. The number of esters is 3. The first kappa shape index (κ1) is 99.1. The van der Waals surface area contributed by atoms with Gasteiger partial charge in [0.1, 0.15) is 128 Å². The van der Waals surface area contributed by atoms with Gasteiger partial charge in [-0.15, -0.1) is 0 Å². The van der Waals surface area contributed by atoms with Gasteiger partial charge in [0.15, 0.2) is 55.5 Å². The predicted molar refractivity (Wildman–Crippen MR) is 421 cm³/mol. The second-order valence-corrected chi connectivity index (χ2v) is 38.5. The number of fused-ring (bicyclic) bond motifs is 7. The molecule has 0 amide bonds. The van der Waals surface area contributed by atoms with Crippen LogP contribution in [0.3, 0.4) is 0 Å². The lowest BCUT2D eigenvalue weighted by Gasteiger charge is -2.71. The molecule has 5 aliphatic carbocycles. The number of carbonyl (C=O) groups is 5. The molecule has 7 heterocycles. The first-order valence-electron chi connectivity index (χ1n) is 43.2. The van der Waals surface area contributed by atoms with E-state index in [9.17, 15) is 121 Å². The number of rotatable bonds is 27. The number of hydrogen-bond donors (Lipinski definition) is 20. The average molecular weight is 1820 g/mol. The number of allylic oxidation sites excluding steroid dienone is 1.